The van der Waals surface area contributed by atoms with Gasteiger partial charge >= 0.3 is 0 Å². The predicted octanol–water partition coefficient (Wildman–Crippen LogP) is 4.11. The molecule has 2 aromatic rings. The lowest BCUT2D eigenvalue weighted by molar-refractivity contribution is 0.779. The Morgan fingerprint density at radius 1 is 0.900 bits per heavy atom. The van der Waals surface area contributed by atoms with E-state index in [0.29, 0.717) is 5.13 Å². The summed E-state index contributed by atoms with van der Waals surface area (Å²) in [6, 6.07) is 0. The van der Waals surface area contributed by atoms with Crippen LogP contribution in [0.3, 0.4) is 0 Å². The summed E-state index contributed by atoms with van der Waals surface area (Å²) in [4.78, 5) is 0. The zero-order valence-corrected chi connectivity index (χ0v) is 15.0. The second-order valence-electron chi connectivity index (χ2n) is 4.19. The van der Waals surface area contributed by atoms with Crippen LogP contribution in [0.4, 0.5) is 5.13 Å². The van der Waals surface area contributed by atoms with Crippen LogP contribution in [-0.4, -0.2) is 20.4 Å². The zero-order valence-electron chi connectivity index (χ0n) is 11.8. The molecule has 0 unspecified atom stereocenters. The SMILES string of the molecule is CCCCc1nnc(Br)s1.CCCCc1nnc(N)s1. The van der Waals surface area contributed by atoms with Crippen molar-refractivity contribution in [1.82, 2.24) is 20.4 Å². The number of halogens is 1. The van der Waals surface area contributed by atoms with Crippen molar-refractivity contribution in [3.63, 3.8) is 0 Å². The number of nitrogen functional groups attached to an aromatic ring is 1. The molecule has 2 aromatic heterocycles. The zero-order chi connectivity index (χ0) is 14.8. The average Bonchev–Trinajstić information content (AvgIpc) is 3.03. The number of hydrogen-bond acceptors (Lipinski definition) is 7. The first-order valence-electron chi connectivity index (χ1n) is 6.71. The first-order valence-corrected chi connectivity index (χ1v) is 9.14. The Bertz CT molecular complexity index is 441. The maximum atomic E-state index is 5.40. The van der Waals surface area contributed by atoms with Gasteiger partial charge in [-0.05, 0) is 28.8 Å². The summed E-state index contributed by atoms with van der Waals surface area (Å²) in [5.41, 5.74) is 5.40. The lowest BCUT2D eigenvalue weighted by atomic mass is 10.3. The smallest absolute Gasteiger partial charge is 0.203 e. The number of nitrogens with two attached hydrogens (primary N) is 1. The van der Waals surface area contributed by atoms with Crippen LogP contribution in [0.5, 0.6) is 0 Å². The standard InChI is InChI=1S/C6H9BrN2S.C6H11N3S/c2*1-2-3-4-5-8-9-6(7)10-5/h2-4H2,1H3;2-4H2,1H3,(H2,7,9). The van der Waals surface area contributed by atoms with E-state index in [1.165, 1.54) is 37.0 Å². The fraction of sp³-hybridized carbons (Fsp3) is 0.667. The molecular weight excluding hydrogens is 358 g/mol. The van der Waals surface area contributed by atoms with Gasteiger partial charge in [0.05, 0.1) is 0 Å². The third-order valence-electron chi connectivity index (χ3n) is 2.41. The van der Waals surface area contributed by atoms with Crippen molar-refractivity contribution in [2.45, 2.75) is 52.4 Å². The van der Waals surface area contributed by atoms with Crippen molar-refractivity contribution in [1.29, 1.82) is 0 Å². The molecule has 0 spiro atoms. The molecule has 0 atom stereocenters. The maximum Gasteiger partial charge on any atom is 0.203 e. The summed E-state index contributed by atoms with van der Waals surface area (Å²) in [6.07, 6.45) is 6.89. The van der Waals surface area contributed by atoms with Crippen molar-refractivity contribution in [3.8, 4) is 0 Å². The summed E-state index contributed by atoms with van der Waals surface area (Å²) in [5, 5.41) is 18.2. The Kier molecular flexibility index (Phi) is 8.88. The highest BCUT2D eigenvalue weighted by Gasteiger charge is 1.99. The third kappa shape index (κ3) is 7.25. The van der Waals surface area contributed by atoms with Gasteiger partial charge < -0.3 is 5.73 Å². The lowest BCUT2D eigenvalue weighted by Crippen LogP contribution is -1.82. The Hall–Kier alpha value is -0.600. The lowest BCUT2D eigenvalue weighted by Gasteiger charge is -1.87. The molecule has 0 fully saturated rings. The van der Waals surface area contributed by atoms with Crippen molar-refractivity contribution >= 4 is 43.7 Å². The van der Waals surface area contributed by atoms with Crippen molar-refractivity contribution in [2.75, 3.05) is 5.73 Å². The number of rotatable bonds is 6. The summed E-state index contributed by atoms with van der Waals surface area (Å²) in [7, 11) is 0. The largest absolute Gasteiger partial charge is 0.374 e. The van der Waals surface area contributed by atoms with E-state index in [2.05, 4.69) is 50.2 Å². The molecule has 5 nitrogen and oxygen atoms in total. The number of aryl methyl sites for hydroxylation is 2. The number of anilines is 1. The van der Waals surface area contributed by atoms with E-state index >= 15 is 0 Å². The Balaban J connectivity index is 0.000000200. The number of unbranched alkanes of at least 4 members (excludes halogenated alkanes) is 2. The first kappa shape index (κ1) is 17.5. The van der Waals surface area contributed by atoms with E-state index in [4.69, 9.17) is 5.73 Å². The van der Waals surface area contributed by atoms with E-state index in [1.807, 2.05) is 0 Å². The topological polar surface area (TPSA) is 77.6 Å². The number of hydrogen-bond donors (Lipinski definition) is 1. The van der Waals surface area contributed by atoms with Crippen LogP contribution >= 0.6 is 38.6 Å². The Labute approximate surface area is 136 Å². The molecule has 20 heavy (non-hydrogen) atoms. The second kappa shape index (κ2) is 10.2. The summed E-state index contributed by atoms with van der Waals surface area (Å²) < 4.78 is 0.888. The maximum absolute atomic E-state index is 5.40. The summed E-state index contributed by atoms with van der Waals surface area (Å²) in [5.74, 6) is 0. The second-order valence-corrected chi connectivity index (χ2v) is 7.62. The van der Waals surface area contributed by atoms with Gasteiger partial charge in [-0.15, -0.1) is 20.4 Å². The van der Waals surface area contributed by atoms with Gasteiger partial charge in [0, 0.05) is 12.8 Å². The van der Waals surface area contributed by atoms with Crippen LogP contribution in [0.25, 0.3) is 0 Å². The van der Waals surface area contributed by atoms with Gasteiger partial charge in [-0.2, -0.15) is 0 Å². The van der Waals surface area contributed by atoms with Crippen LogP contribution < -0.4 is 5.73 Å². The van der Waals surface area contributed by atoms with Crippen LogP contribution in [0.15, 0.2) is 3.92 Å². The van der Waals surface area contributed by atoms with E-state index in [1.54, 1.807) is 11.3 Å². The van der Waals surface area contributed by atoms with E-state index in [-0.39, 0.29) is 0 Å². The van der Waals surface area contributed by atoms with Crippen LogP contribution in [0.2, 0.25) is 0 Å². The van der Waals surface area contributed by atoms with Gasteiger partial charge in [0.1, 0.15) is 10.0 Å². The minimum Gasteiger partial charge on any atom is -0.374 e. The van der Waals surface area contributed by atoms with Gasteiger partial charge in [0.25, 0.3) is 0 Å². The van der Waals surface area contributed by atoms with Crippen LogP contribution in [-0.2, 0) is 12.8 Å². The molecule has 0 amide bonds. The third-order valence-corrected chi connectivity index (χ3v) is 4.64. The van der Waals surface area contributed by atoms with Crippen molar-refractivity contribution in [2.24, 2.45) is 0 Å². The molecule has 2 rings (SSSR count). The van der Waals surface area contributed by atoms with Crippen LogP contribution in [0, 0.1) is 0 Å². The van der Waals surface area contributed by atoms with Gasteiger partial charge in [-0.1, -0.05) is 49.4 Å². The molecule has 0 bridgehead atoms. The quantitative estimate of drug-likeness (QED) is 0.819. The number of nitrogens with zero attached hydrogens (tertiary/aromatic N) is 4. The Morgan fingerprint density at radius 3 is 1.85 bits per heavy atom. The van der Waals surface area contributed by atoms with Crippen LogP contribution in [0.1, 0.15) is 49.5 Å². The highest BCUT2D eigenvalue weighted by molar-refractivity contribution is 9.11. The molecule has 0 aliphatic carbocycles. The molecule has 0 aliphatic heterocycles. The molecule has 2 heterocycles. The fourth-order valence-electron chi connectivity index (χ4n) is 1.36. The molecule has 0 radical (unpaired) electrons. The molecule has 0 aliphatic rings. The molecular formula is C12H20BrN5S2. The minimum absolute atomic E-state index is 0.575. The van der Waals surface area contributed by atoms with Gasteiger partial charge in [-0.25, -0.2) is 0 Å². The van der Waals surface area contributed by atoms with Crippen molar-refractivity contribution < 1.29 is 0 Å². The molecule has 0 saturated heterocycles. The van der Waals surface area contributed by atoms with Gasteiger partial charge in [0.15, 0.2) is 3.92 Å². The Morgan fingerprint density at radius 2 is 1.45 bits per heavy atom. The minimum atomic E-state index is 0.575. The first-order chi connectivity index (χ1) is 9.65. The van der Waals surface area contributed by atoms with Crippen molar-refractivity contribution in [3.05, 3.63) is 13.9 Å². The normalized spacial score (nSPS) is 10.2. The molecule has 2 N–H and O–H groups in total. The van der Waals surface area contributed by atoms with Gasteiger partial charge in [0.2, 0.25) is 5.13 Å². The summed E-state index contributed by atoms with van der Waals surface area (Å²) >= 11 is 6.37. The highest BCUT2D eigenvalue weighted by Crippen LogP contribution is 2.17. The van der Waals surface area contributed by atoms with E-state index < -0.39 is 0 Å². The number of aromatic nitrogens is 4. The highest BCUT2D eigenvalue weighted by atomic mass is 79.9. The molecule has 112 valence electrons. The van der Waals surface area contributed by atoms with E-state index in [9.17, 15) is 0 Å². The van der Waals surface area contributed by atoms with E-state index in [0.717, 1.165) is 26.8 Å². The molecule has 8 heteroatoms. The predicted molar refractivity (Wildman–Crippen MR) is 89.2 cm³/mol. The van der Waals surface area contributed by atoms with Gasteiger partial charge in [-0.3, -0.25) is 0 Å². The molecule has 0 aromatic carbocycles. The average molecular weight is 378 g/mol. The fourth-order valence-corrected chi connectivity index (χ4v) is 3.25. The monoisotopic (exact) mass is 377 g/mol. The molecule has 0 saturated carbocycles. The summed E-state index contributed by atoms with van der Waals surface area (Å²) in [6.45, 7) is 4.33.